The molecule has 1 aromatic carbocycles. The van der Waals surface area contributed by atoms with Gasteiger partial charge in [0.15, 0.2) is 0 Å². The summed E-state index contributed by atoms with van der Waals surface area (Å²) in [6, 6.07) is 6.03. The monoisotopic (exact) mass is 344 g/mol. The van der Waals surface area contributed by atoms with Gasteiger partial charge in [-0.25, -0.2) is 0 Å². The molecule has 0 radical (unpaired) electrons. The number of halogens is 1. The van der Waals surface area contributed by atoms with Crippen molar-refractivity contribution >= 4 is 24.1 Å². The number of non-ortho nitro benzene ring substituents is 1. The number of carboxylic acid groups (broad SMARTS) is 1. The normalized spacial score (nSPS) is 15.7. The minimum atomic E-state index is -0.693. The Kier molecular flexibility index (Phi) is 7.77. The van der Waals surface area contributed by atoms with Gasteiger partial charge in [-0.15, -0.1) is 12.4 Å². The summed E-state index contributed by atoms with van der Waals surface area (Å²) in [5.41, 5.74) is 0.0497. The van der Waals surface area contributed by atoms with Gasteiger partial charge in [0.25, 0.3) is 5.69 Å². The van der Waals surface area contributed by atoms with Crippen molar-refractivity contribution in [1.82, 2.24) is 4.90 Å². The van der Waals surface area contributed by atoms with Gasteiger partial charge in [-0.3, -0.25) is 14.9 Å². The highest BCUT2D eigenvalue weighted by Crippen LogP contribution is 2.19. The number of hydrogen-bond donors (Lipinski definition) is 1. The molecule has 8 heteroatoms. The van der Waals surface area contributed by atoms with Gasteiger partial charge in [-0.05, 0) is 44.5 Å². The first kappa shape index (κ1) is 19.2. The van der Waals surface area contributed by atoms with Crippen LogP contribution in [0.25, 0.3) is 0 Å². The van der Waals surface area contributed by atoms with Crippen molar-refractivity contribution in [2.45, 2.75) is 19.3 Å². The van der Waals surface area contributed by atoms with Crippen LogP contribution in [0.15, 0.2) is 24.3 Å². The van der Waals surface area contributed by atoms with E-state index in [4.69, 9.17) is 9.84 Å². The summed E-state index contributed by atoms with van der Waals surface area (Å²) in [6.45, 7) is 3.04. The first-order chi connectivity index (χ1) is 10.6. The quantitative estimate of drug-likeness (QED) is 0.464. The van der Waals surface area contributed by atoms with E-state index in [9.17, 15) is 14.9 Å². The SMILES string of the molecule is Cl.O=C(O)C1CCN(CCCOc2ccc([N+](=O)[O-])cc2)CC1. The molecule has 0 saturated carbocycles. The van der Waals surface area contributed by atoms with E-state index in [1.165, 1.54) is 12.1 Å². The lowest BCUT2D eigenvalue weighted by molar-refractivity contribution is -0.384. The number of benzene rings is 1. The van der Waals surface area contributed by atoms with Crippen LogP contribution < -0.4 is 4.74 Å². The van der Waals surface area contributed by atoms with Crippen molar-refractivity contribution < 1.29 is 19.6 Å². The maximum atomic E-state index is 10.9. The molecule has 0 aliphatic carbocycles. The molecule has 128 valence electrons. The zero-order chi connectivity index (χ0) is 15.9. The van der Waals surface area contributed by atoms with E-state index in [1.807, 2.05) is 0 Å². The van der Waals surface area contributed by atoms with Gasteiger partial charge < -0.3 is 14.7 Å². The Labute approximate surface area is 140 Å². The average molecular weight is 345 g/mol. The average Bonchev–Trinajstić information content (AvgIpc) is 2.52. The minimum Gasteiger partial charge on any atom is -0.494 e. The fraction of sp³-hybridized carbons (Fsp3) is 0.533. The maximum absolute atomic E-state index is 10.9. The van der Waals surface area contributed by atoms with Crippen LogP contribution in [0.5, 0.6) is 5.75 Å². The van der Waals surface area contributed by atoms with Crippen molar-refractivity contribution in [3.05, 3.63) is 34.4 Å². The van der Waals surface area contributed by atoms with E-state index in [2.05, 4.69) is 4.90 Å². The van der Waals surface area contributed by atoms with E-state index in [0.29, 0.717) is 25.2 Å². The molecule has 7 nitrogen and oxygen atoms in total. The van der Waals surface area contributed by atoms with Crippen molar-refractivity contribution in [2.24, 2.45) is 5.92 Å². The second-order valence-corrected chi connectivity index (χ2v) is 5.41. The largest absolute Gasteiger partial charge is 0.494 e. The molecule has 1 N–H and O–H groups in total. The summed E-state index contributed by atoms with van der Waals surface area (Å²) in [4.78, 5) is 23.2. The summed E-state index contributed by atoms with van der Waals surface area (Å²) in [5, 5.41) is 19.5. The molecule has 0 spiro atoms. The highest BCUT2D eigenvalue weighted by atomic mass is 35.5. The number of hydrogen-bond acceptors (Lipinski definition) is 5. The molecule has 0 atom stereocenters. The fourth-order valence-electron chi connectivity index (χ4n) is 2.55. The maximum Gasteiger partial charge on any atom is 0.306 e. The van der Waals surface area contributed by atoms with Gasteiger partial charge in [0.05, 0.1) is 17.4 Å². The molecule has 2 rings (SSSR count). The number of rotatable bonds is 7. The number of nitro benzene ring substituents is 1. The number of ether oxygens (including phenoxy) is 1. The molecule has 0 unspecified atom stereocenters. The Bertz CT molecular complexity index is 515. The first-order valence-electron chi connectivity index (χ1n) is 7.38. The summed E-state index contributed by atoms with van der Waals surface area (Å²) in [6.07, 6.45) is 2.26. The number of carboxylic acids is 1. The van der Waals surface area contributed by atoms with E-state index in [0.717, 1.165) is 26.1 Å². The molecule has 1 aliphatic heterocycles. The minimum absolute atomic E-state index is 0. The summed E-state index contributed by atoms with van der Waals surface area (Å²) in [5.74, 6) is -0.274. The van der Waals surface area contributed by atoms with Crippen molar-refractivity contribution in [3.63, 3.8) is 0 Å². The molecule has 1 saturated heterocycles. The second kappa shape index (κ2) is 9.32. The third-order valence-corrected chi connectivity index (χ3v) is 3.87. The summed E-state index contributed by atoms with van der Waals surface area (Å²) >= 11 is 0. The Balaban J connectivity index is 0.00000264. The fourth-order valence-corrected chi connectivity index (χ4v) is 2.55. The molecule has 0 aromatic heterocycles. The predicted octanol–water partition coefficient (Wildman–Crippen LogP) is 2.58. The molecule has 1 fully saturated rings. The topological polar surface area (TPSA) is 92.9 Å². The zero-order valence-electron chi connectivity index (χ0n) is 12.7. The third kappa shape index (κ3) is 6.03. The van der Waals surface area contributed by atoms with E-state index >= 15 is 0 Å². The standard InChI is InChI=1S/C15H20N2O5.ClH/c18-15(19)12-6-9-16(10-7-12)8-1-11-22-14-4-2-13(3-5-14)17(20)21;/h2-5,12H,1,6-11H2,(H,18,19);1H. The van der Waals surface area contributed by atoms with Crippen LogP contribution >= 0.6 is 12.4 Å². The third-order valence-electron chi connectivity index (χ3n) is 3.87. The Hall–Kier alpha value is -1.86. The van der Waals surface area contributed by atoms with Crippen LogP contribution in [0.1, 0.15) is 19.3 Å². The Morgan fingerprint density at radius 3 is 2.43 bits per heavy atom. The molecule has 0 bridgehead atoms. The molecular weight excluding hydrogens is 324 g/mol. The molecule has 23 heavy (non-hydrogen) atoms. The number of nitro groups is 1. The summed E-state index contributed by atoms with van der Waals surface area (Å²) in [7, 11) is 0. The van der Waals surface area contributed by atoms with Gasteiger partial charge in [0, 0.05) is 18.7 Å². The highest BCUT2D eigenvalue weighted by molar-refractivity contribution is 5.85. The number of nitrogens with zero attached hydrogens (tertiary/aromatic N) is 2. The number of aliphatic carboxylic acids is 1. The van der Waals surface area contributed by atoms with Crippen molar-refractivity contribution in [1.29, 1.82) is 0 Å². The first-order valence-corrected chi connectivity index (χ1v) is 7.38. The van der Waals surface area contributed by atoms with Crippen LogP contribution in [0.3, 0.4) is 0 Å². The highest BCUT2D eigenvalue weighted by Gasteiger charge is 2.23. The number of carbonyl (C=O) groups is 1. The van der Waals surface area contributed by atoms with Crippen LogP contribution in [-0.4, -0.2) is 47.1 Å². The Morgan fingerprint density at radius 1 is 1.30 bits per heavy atom. The lowest BCUT2D eigenvalue weighted by Gasteiger charge is -2.29. The lowest BCUT2D eigenvalue weighted by Crippen LogP contribution is -2.37. The van der Waals surface area contributed by atoms with Crippen LogP contribution in [0.2, 0.25) is 0 Å². The van der Waals surface area contributed by atoms with Gasteiger partial charge in [0.2, 0.25) is 0 Å². The van der Waals surface area contributed by atoms with E-state index in [-0.39, 0.29) is 24.0 Å². The molecule has 1 heterocycles. The predicted molar refractivity (Wildman–Crippen MR) is 87.3 cm³/mol. The van der Waals surface area contributed by atoms with Gasteiger partial charge >= 0.3 is 5.97 Å². The molecule has 1 aromatic rings. The molecule has 0 amide bonds. The number of likely N-dealkylation sites (tertiary alicyclic amines) is 1. The molecule has 1 aliphatic rings. The summed E-state index contributed by atoms with van der Waals surface area (Å²) < 4.78 is 5.55. The van der Waals surface area contributed by atoms with Crippen molar-refractivity contribution in [3.8, 4) is 5.75 Å². The van der Waals surface area contributed by atoms with Gasteiger partial charge in [0.1, 0.15) is 5.75 Å². The number of piperidine rings is 1. The van der Waals surface area contributed by atoms with Gasteiger partial charge in [-0.1, -0.05) is 0 Å². The van der Waals surface area contributed by atoms with Crippen LogP contribution in [0.4, 0.5) is 5.69 Å². The van der Waals surface area contributed by atoms with E-state index in [1.54, 1.807) is 12.1 Å². The van der Waals surface area contributed by atoms with Crippen LogP contribution in [-0.2, 0) is 4.79 Å². The Morgan fingerprint density at radius 2 is 1.91 bits per heavy atom. The zero-order valence-corrected chi connectivity index (χ0v) is 13.5. The molecular formula is C15H21ClN2O5. The van der Waals surface area contributed by atoms with Crippen molar-refractivity contribution in [2.75, 3.05) is 26.2 Å². The van der Waals surface area contributed by atoms with E-state index < -0.39 is 10.9 Å². The van der Waals surface area contributed by atoms with Crippen LogP contribution in [0, 0.1) is 16.0 Å². The second-order valence-electron chi connectivity index (χ2n) is 5.41. The lowest BCUT2D eigenvalue weighted by atomic mass is 9.97. The smallest absolute Gasteiger partial charge is 0.306 e. The van der Waals surface area contributed by atoms with Gasteiger partial charge in [-0.2, -0.15) is 0 Å².